The lowest BCUT2D eigenvalue weighted by Crippen LogP contribution is -2.13. The van der Waals surface area contributed by atoms with Crippen LogP contribution in [0.5, 0.6) is 11.5 Å². The summed E-state index contributed by atoms with van der Waals surface area (Å²) in [4.78, 5) is 23.2. The standard InChI is InChI=1S/C29H19Cl2F3N4O4/c1-16-12-18(13-19(15-35)28(39)36-24-5-3-4-23(30)27(24)31)17(2)37(16)21-7-9-22(10-8-21)42-26-11-6-20(29(32,33)34)14-25(26)38(40)41/h3-14H,1-2H3,(H,36,39)/b19-13+. The summed E-state index contributed by atoms with van der Waals surface area (Å²) in [7, 11) is 0. The number of anilines is 1. The Bertz CT molecular complexity index is 1780. The Morgan fingerprint density at radius 2 is 1.79 bits per heavy atom. The third-order valence-electron chi connectivity index (χ3n) is 6.14. The number of nitrogens with one attached hydrogen (secondary N) is 1. The SMILES string of the molecule is Cc1cc(/C=C(\C#N)C(=O)Nc2cccc(Cl)c2Cl)c(C)n1-c1ccc(Oc2ccc(C(F)(F)F)cc2[N+](=O)[O-])cc1. The van der Waals surface area contributed by atoms with E-state index < -0.39 is 28.3 Å². The minimum Gasteiger partial charge on any atom is -0.450 e. The zero-order chi connectivity index (χ0) is 30.8. The van der Waals surface area contributed by atoms with E-state index in [1.807, 2.05) is 17.6 Å². The molecule has 4 aromatic rings. The quantitative estimate of drug-likeness (QED) is 0.0968. The van der Waals surface area contributed by atoms with Gasteiger partial charge in [0, 0.05) is 23.1 Å². The van der Waals surface area contributed by atoms with Gasteiger partial charge in [0.15, 0.2) is 0 Å². The number of hydrogen-bond donors (Lipinski definition) is 1. The lowest BCUT2D eigenvalue weighted by Gasteiger charge is -2.12. The number of aryl methyl sites for hydroxylation is 1. The molecule has 13 heteroatoms. The average molecular weight is 615 g/mol. The Morgan fingerprint density at radius 3 is 2.40 bits per heavy atom. The number of nitriles is 1. The first-order chi connectivity index (χ1) is 19.8. The molecule has 0 aliphatic heterocycles. The van der Waals surface area contributed by atoms with Crippen LogP contribution in [0.4, 0.5) is 24.5 Å². The predicted molar refractivity (Wildman–Crippen MR) is 152 cm³/mol. The molecule has 214 valence electrons. The van der Waals surface area contributed by atoms with Gasteiger partial charge in [-0.05, 0) is 80.1 Å². The van der Waals surface area contributed by atoms with Gasteiger partial charge in [0.2, 0.25) is 5.75 Å². The summed E-state index contributed by atoms with van der Waals surface area (Å²) in [6.07, 6.45) is -3.30. The molecule has 8 nitrogen and oxygen atoms in total. The summed E-state index contributed by atoms with van der Waals surface area (Å²) < 4.78 is 46.4. The number of carbonyl (C=O) groups excluding carboxylic acids is 1. The number of nitrogens with zero attached hydrogens (tertiary/aromatic N) is 3. The fourth-order valence-corrected chi connectivity index (χ4v) is 4.49. The van der Waals surface area contributed by atoms with Crippen molar-refractivity contribution in [1.82, 2.24) is 4.57 Å². The van der Waals surface area contributed by atoms with Crippen molar-refractivity contribution in [2.45, 2.75) is 20.0 Å². The van der Waals surface area contributed by atoms with E-state index in [1.165, 1.54) is 18.2 Å². The van der Waals surface area contributed by atoms with E-state index in [9.17, 15) is 33.3 Å². The van der Waals surface area contributed by atoms with Crippen molar-refractivity contribution in [2.75, 3.05) is 5.32 Å². The van der Waals surface area contributed by atoms with Crippen LogP contribution in [0.3, 0.4) is 0 Å². The van der Waals surface area contributed by atoms with Crippen LogP contribution in [-0.4, -0.2) is 15.4 Å². The Morgan fingerprint density at radius 1 is 1.10 bits per heavy atom. The second kappa shape index (κ2) is 12.0. The summed E-state index contributed by atoms with van der Waals surface area (Å²) in [5, 5.41) is 24.0. The number of rotatable bonds is 7. The summed E-state index contributed by atoms with van der Waals surface area (Å²) in [5.74, 6) is -0.861. The van der Waals surface area contributed by atoms with Gasteiger partial charge in [-0.1, -0.05) is 29.3 Å². The molecule has 0 aliphatic rings. The molecule has 0 radical (unpaired) electrons. The van der Waals surface area contributed by atoms with Crippen LogP contribution in [0.2, 0.25) is 10.0 Å². The third-order valence-corrected chi connectivity index (χ3v) is 6.96. The highest BCUT2D eigenvalue weighted by Gasteiger charge is 2.33. The van der Waals surface area contributed by atoms with Crippen LogP contribution in [0.1, 0.15) is 22.5 Å². The van der Waals surface area contributed by atoms with Gasteiger partial charge >= 0.3 is 11.9 Å². The maximum absolute atomic E-state index is 13.0. The average Bonchev–Trinajstić information content (AvgIpc) is 3.21. The van der Waals surface area contributed by atoms with Gasteiger partial charge in [-0.25, -0.2) is 0 Å². The molecule has 0 fully saturated rings. The first kappa shape index (κ1) is 30.2. The van der Waals surface area contributed by atoms with Crippen LogP contribution in [0.25, 0.3) is 11.8 Å². The minimum atomic E-state index is -4.74. The largest absolute Gasteiger partial charge is 0.450 e. The van der Waals surface area contributed by atoms with Crippen LogP contribution >= 0.6 is 23.2 Å². The summed E-state index contributed by atoms with van der Waals surface area (Å²) in [6.45, 7) is 3.60. The molecular weight excluding hydrogens is 596 g/mol. The molecule has 1 amide bonds. The molecule has 0 spiro atoms. The molecule has 4 rings (SSSR count). The van der Waals surface area contributed by atoms with Gasteiger partial charge in [0.25, 0.3) is 5.91 Å². The monoisotopic (exact) mass is 614 g/mol. The van der Waals surface area contributed by atoms with Crippen molar-refractivity contribution in [3.05, 3.63) is 115 Å². The summed E-state index contributed by atoms with van der Waals surface area (Å²) >= 11 is 12.1. The zero-order valence-electron chi connectivity index (χ0n) is 21.8. The smallest absolute Gasteiger partial charge is 0.416 e. The molecule has 1 aromatic heterocycles. The molecule has 1 heterocycles. The zero-order valence-corrected chi connectivity index (χ0v) is 23.3. The van der Waals surface area contributed by atoms with Crippen LogP contribution in [0, 0.1) is 35.3 Å². The normalized spacial score (nSPS) is 11.6. The highest BCUT2D eigenvalue weighted by Crippen LogP contribution is 2.38. The second-order valence-corrected chi connectivity index (χ2v) is 9.71. The first-order valence-corrected chi connectivity index (χ1v) is 12.8. The Kier molecular flexibility index (Phi) is 8.61. The Labute approximate surface area is 247 Å². The highest BCUT2D eigenvalue weighted by atomic mass is 35.5. The maximum atomic E-state index is 13.0. The van der Waals surface area contributed by atoms with E-state index >= 15 is 0 Å². The second-order valence-electron chi connectivity index (χ2n) is 8.92. The van der Waals surface area contributed by atoms with Crippen molar-refractivity contribution in [2.24, 2.45) is 0 Å². The van der Waals surface area contributed by atoms with E-state index in [0.717, 1.165) is 11.8 Å². The highest BCUT2D eigenvalue weighted by molar-refractivity contribution is 6.44. The number of halogens is 5. The van der Waals surface area contributed by atoms with E-state index in [0.29, 0.717) is 29.1 Å². The molecule has 0 unspecified atom stereocenters. The van der Waals surface area contributed by atoms with Crippen LogP contribution in [-0.2, 0) is 11.0 Å². The molecule has 42 heavy (non-hydrogen) atoms. The van der Waals surface area contributed by atoms with E-state index in [1.54, 1.807) is 43.3 Å². The number of aromatic nitrogens is 1. The van der Waals surface area contributed by atoms with Crippen molar-refractivity contribution in [3.63, 3.8) is 0 Å². The van der Waals surface area contributed by atoms with Gasteiger partial charge in [0.1, 0.15) is 17.4 Å². The van der Waals surface area contributed by atoms with Crippen LogP contribution in [0.15, 0.2) is 72.3 Å². The molecular formula is C29H19Cl2F3N4O4. The van der Waals surface area contributed by atoms with Crippen LogP contribution < -0.4 is 10.1 Å². The van der Waals surface area contributed by atoms with Crippen molar-refractivity contribution >= 4 is 46.6 Å². The third kappa shape index (κ3) is 6.40. The summed E-state index contributed by atoms with van der Waals surface area (Å²) in [5.41, 5.74) is 0.813. The number of alkyl halides is 3. The molecule has 3 aromatic carbocycles. The molecule has 0 aliphatic carbocycles. The van der Waals surface area contributed by atoms with Gasteiger partial charge in [0.05, 0.1) is 26.2 Å². The number of nitro groups is 1. The predicted octanol–water partition coefficient (Wildman–Crippen LogP) is 8.67. The topological polar surface area (TPSA) is 110 Å². The summed E-state index contributed by atoms with van der Waals surface area (Å²) in [6, 6.07) is 16.7. The van der Waals surface area contributed by atoms with Crippen molar-refractivity contribution < 1.29 is 27.6 Å². The first-order valence-electron chi connectivity index (χ1n) is 12.0. The van der Waals surface area contributed by atoms with Crippen molar-refractivity contribution in [1.29, 1.82) is 5.26 Å². The minimum absolute atomic E-state index is 0.142. The maximum Gasteiger partial charge on any atom is 0.416 e. The fourth-order valence-electron chi connectivity index (χ4n) is 4.14. The number of benzene rings is 3. The van der Waals surface area contributed by atoms with E-state index in [2.05, 4.69) is 5.32 Å². The van der Waals surface area contributed by atoms with Crippen molar-refractivity contribution in [3.8, 4) is 23.3 Å². The number of amides is 1. The number of nitro benzene ring substituents is 1. The number of hydrogen-bond acceptors (Lipinski definition) is 5. The fraction of sp³-hybridized carbons (Fsp3) is 0.103. The van der Waals surface area contributed by atoms with Gasteiger partial charge < -0.3 is 14.6 Å². The molecule has 1 N–H and O–H groups in total. The van der Waals surface area contributed by atoms with Gasteiger partial charge in [-0.2, -0.15) is 18.4 Å². The Hall–Kier alpha value is -4.79. The molecule has 0 atom stereocenters. The molecule has 0 bridgehead atoms. The Balaban J connectivity index is 1.58. The number of ether oxygens (including phenoxy) is 1. The van der Waals surface area contributed by atoms with E-state index in [4.69, 9.17) is 27.9 Å². The number of carbonyl (C=O) groups is 1. The van der Waals surface area contributed by atoms with Gasteiger partial charge in [-0.3, -0.25) is 14.9 Å². The van der Waals surface area contributed by atoms with Gasteiger partial charge in [-0.15, -0.1) is 0 Å². The lowest BCUT2D eigenvalue weighted by atomic mass is 10.1. The lowest BCUT2D eigenvalue weighted by molar-refractivity contribution is -0.385. The molecule has 0 saturated heterocycles. The molecule has 0 saturated carbocycles. The van der Waals surface area contributed by atoms with E-state index in [-0.39, 0.29) is 32.8 Å².